The van der Waals surface area contributed by atoms with Gasteiger partial charge >= 0.3 is 24.0 Å². The van der Waals surface area contributed by atoms with E-state index in [0.29, 0.717) is 11.1 Å². The van der Waals surface area contributed by atoms with E-state index in [4.69, 9.17) is 42.6 Å². The van der Waals surface area contributed by atoms with Gasteiger partial charge in [-0.15, -0.1) is 0 Å². The van der Waals surface area contributed by atoms with Crippen LogP contribution in [-0.2, 0) is 57.0 Å². The topological polar surface area (TPSA) is 221 Å². The summed E-state index contributed by atoms with van der Waals surface area (Å²) in [5.74, 6) is -4.74. The summed E-state index contributed by atoms with van der Waals surface area (Å²) in [6, 6.07) is 15.0. The third kappa shape index (κ3) is 9.33. The van der Waals surface area contributed by atoms with Crippen LogP contribution in [0, 0.1) is 16.7 Å². The Labute approximate surface area is 379 Å². The number of benzene rings is 2. The lowest BCUT2D eigenvalue weighted by atomic mass is 9.44. The highest BCUT2D eigenvalue weighted by molar-refractivity contribution is 5.94. The van der Waals surface area contributed by atoms with Crippen molar-refractivity contribution in [1.29, 1.82) is 0 Å². The average Bonchev–Trinajstić information content (AvgIpc) is 3.24. The van der Waals surface area contributed by atoms with Crippen LogP contribution in [0.25, 0.3) is 0 Å². The minimum atomic E-state index is -2.29. The molecule has 17 heteroatoms. The summed E-state index contributed by atoms with van der Waals surface area (Å²) in [6.45, 7) is 12.3. The van der Waals surface area contributed by atoms with E-state index in [1.165, 1.54) is 33.3 Å². The summed E-state index contributed by atoms with van der Waals surface area (Å²) < 4.78 is 54.1. The predicted octanol–water partition coefficient (Wildman–Crippen LogP) is 4.56. The van der Waals surface area contributed by atoms with Crippen molar-refractivity contribution < 1.29 is 76.8 Å². The normalized spacial score (nSPS) is 31.4. The summed E-state index contributed by atoms with van der Waals surface area (Å²) in [7, 11) is 2.89. The molecule has 17 nitrogen and oxygen atoms in total. The Morgan fingerprint density at radius 2 is 1.57 bits per heavy atom. The highest BCUT2D eigenvalue weighted by Crippen LogP contribution is 2.65. The minimum absolute atomic E-state index is 0.0391. The first-order chi connectivity index (χ1) is 30.6. The van der Waals surface area contributed by atoms with Crippen molar-refractivity contribution in [3.63, 3.8) is 0 Å². The smallest absolute Gasteiger partial charge is 0.408 e. The van der Waals surface area contributed by atoms with Crippen molar-refractivity contribution in [3.05, 3.63) is 82.9 Å². The van der Waals surface area contributed by atoms with Gasteiger partial charge in [0.05, 0.1) is 48.9 Å². The number of hydrogen-bond acceptors (Lipinski definition) is 16. The number of hydrogen-bond donors (Lipinski definition) is 3. The van der Waals surface area contributed by atoms with Crippen LogP contribution in [0.1, 0.15) is 90.2 Å². The zero-order chi connectivity index (χ0) is 47.7. The molecule has 0 spiro atoms. The molecular weight excluding hydrogens is 847 g/mol. The van der Waals surface area contributed by atoms with Gasteiger partial charge in [0.15, 0.2) is 17.5 Å². The molecule has 6 rings (SSSR count). The van der Waals surface area contributed by atoms with Crippen LogP contribution < -0.4 is 5.32 Å². The first-order valence-corrected chi connectivity index (χ1v) is 21.8. The molecule has 2 bridgehead atoms. The number of fused-ring (bicyclic) bond motifs is 5. The minimum Gasteiger partial charge on any atom is -0.456 e. The lowest BCUT2D eigenvalue weighted by Gasteiger charge is -2.68. The number of rotatable bonds is 15. The number of aliphatic hydroxyl groups excluding tert-OH is 1. The summed E-state index contributed by atoms with van der Waals surface area (Å²) >= 11 is 0. The molecule has 65 heavy (non-hydrogen) atoms. The Morgan fingerprint density at radius 3 is 2.14 bits per heavy atom. The van der Waals surface area contributed by atoms with E-state index in [1.54, 1.807) is 97.0 Å². The van der Waals surface area contributed by atoms with Crippen molar-refractivity contribution in [2.75, 3.05) is 40.8 Å². The molecule has 2 saturated carbocycles. The lowest BCUT2D eigenvalue weighted by Crippen LogP contribution is -2.82. The van der Waals surface area contributed by atoms with Gasteiger partial charge in [0, 0.05) is 39.4 Å². The second-order valence-electron chi connectivity index (χ2n) is 19.0. The molecule has 0 radical (unpaired) electrons. The summed E-state index contributed by atoms with van der Waals surface area (Å²) in [4.78, 5) is 71.2. The van der Waals surface area contributed by atoms with Gasteiger partial charge in [0.2, 0.25) is 0 Å². The number of nitrogens with one attached hydrogen (secondary N) is 1. The lowest BCUT2D eigenvalue weighted by molar-refractivity contribution is -0.351. The molecule has 1 aliphatic heterocycles. The Bertz CT molecular complexity index is 2100. The van der Waals surface area contributed by atoms with Crippen LogP contribution >= 0.6 is 0 Å². The number of amides is 1. The highest BCUT2D eigenvalue weighted by Gasteiger charge is 2.78. The molecule has 1 saturated heterocycles. The number of ketones is 1. The third-order valence-corrected chi connectivity index (χ3v) is 13.5. The van der Waals surface area contributed by atoms with E-state index >= 15 is 4.79 Å². The van der Waals surface area contributed by atoms with Gasteiger partial charge in [0.1, 0.15) is 42.4 Å². The summed E-state index contributed by atoms with van der Waals surface area (Å²) in [5, 5.41) is 28.3. The monoisotopic (exact) mass is 909 g/mol. The second-order valence-corrected chi connectivity index (χ2v) is 19.0. The maximum Gasteiger partial charge on any atom is 0.408 e. The van der Waals surface area contributed by atoms with Crippen molar-refractivity contribution in [2.24, 2.45) is 16.7 Å². The van der Waals surface area contributed by atoms with Gasteiger partial charge in [-0.25, -0.2) is 14.4 Å². The number of aliphatic hydroxyl groups is 2. The van der Waals surface area contributed by atoms with E-state index in [0.717, 1.165) is 0 Å². The molecule has 1 unspecified atom stereocenters. The molecule has 0 aromatic heterocycles. The predicted molar refractivity (Wildman–Crippen MR) is 230 cm³/mol. The Kier molecular flexibility index (Phi) is 14.7. The van der Waals surface area contributed by atoms with Gasteiger partial charge in [0.25, 0.3) is 0 Å². The SMILES string of the molecule is COCCO[C@H]1C(=O)[C@@]2(C)C([C@H](OC(=O)c3ccccc3)[C@]3(O)C[C@H](OC(=O)[C@H](O)[C@@H](NC(=O)OC(C)(C)C)c4ccccc4)C(C)=C1C3(C)C)[C@]1(OC(C)=O)CO[C@@H]1C[C@@H]2OCOC. The number of carbonyl (C=O) groups is 5. The number of esters is 3. The molecule has 3 aliphatic carbocycles. The van der Waals surface area contributed by atoms with Crippen molar-refractivity contribution in [2.45, 2.75) is 128 Å². The van der Waals surface area contributed by atoms with E-state index in [2.05, 4.69) is 5.32 Å². The highest BCUT2D eigenvalue weighted by atomic mass is 16.7. The number of alkyl carbamates (subject to hydrolysis) is 1. The average molecular weight is 910 g/mol. The molecule has 11 atom stereocenters. The quantitative estimate of drug-likeness (QED) is 0.0733. The molecule has 1 heterocycles. The van der Waals surface area contributed by atoms with Gasteiger partial charge < -0.3 is 58.2 Å². The molecule has 2 aromatic rings. The summed E-state index contributed by atoms with van der Waals surface area (Å²) in [6.07, 6.45) is -9.91. The molecule has 1 amide bonds. The van der Waals surface area contributed by atoms with Crippen molar-refractivity contribution in [1.82, 2.24) is 5.32 Å². The first-order valence-electron chi connectivity index (χ1n) is 21.8. The van der Waals surface area contributed by atoms with Crippen LogP contribution in [-0.4, -0.2) is 134 Å². The fraction of sp³-hybridized carbons (Fsp3) is 0.604. The van der Waals surface area contributed by atoms with Crippen LogP contribution in [0.3, 0.4) is 0 Å². The number of carbonyl (C=O) groups excluding carboxylic acids is 5. The van der Waals surface area contributed by atoms with Gasteiger partial charge in [-0.3, -0.25) is 9.59 Å². The van der Waals surface area contributed by atoms with Crippen LogP contribution in [0.15, 0.2) is 71.8 Å². The van der Waals surface area contributed by atoms with E-state index < -0.39 is 112 Å². The van der Waals surface area contributed by atoms with E-state index in [1.807, 2.05) is 0 Å². The Morgan fingerprint density at radius 1 is 0.923 bits per heavy atom. The standard InChI is InChI=1S/C48H63NO16/c1-27-31(62-42(54)36(51)35(29-17-13-11-14-18-29)49-43(55)65-44(3,4)5)24-48(56)40(63-41(53)30-19-15-12-16-20-30)38-46(8,39(52)37(59-22-21-57-9)34(27)45(48,6)7)32(61-26-58-10)23-33-47(38,25-60-33)64-28(2)50/h11-20,31-33,35-38,40,51,56H,21-26H2,1-10H3,(H,49,55)/t31-,32-,33+,35-,36+,37+,38?,40-,46+,47-,48+/m0/s1. The van der Waals surface area contributed by atoms with Crippen molar-refractivity contribution in [3.8, 4) is 0 Å². The number of Topliss-reactive ketones (excluding diaryl/α,β-unsaturated/α-hetero) is 1. The van der Waals surface area contributed by atoms with Crippen LogP contribution in [0.5, 0.6) is 0 Å². The zero-order valence-electron chi connectivity index (χ0n) is 38.7. The zero-order valence-corrected chi connectivity index (χ0v) is 38.7. The largest absolute Gasteiger partial charge is 0.456 e. The Hall–Kier alpha value is -4.75. The fourth-order valence-corrected chi connectivity index (χ4v) is 10.3. The molecule has 3 fully saturated rings. The van der Waals surface area contributed by atoms with Crippen LogP contribution in [0.2, 0.25) is 0 Å². The second kappa shape index (κ2) is 19.2. The molecule has 3 N–H and O–H groups in total. The van der Waals surface area contributed by atoms with Gasteiger partial charge in [-0.1, -0.05) is 62.4 Å². The number of ether oxygens (including phenoxy) is 9. The molecule has 2 aromatic carbocycles. The maximum atomic E-state index is 16.0. The molecular formula is C48H63NO16. The first kappa shape index (κ1) is 49.7. The van der Waals surface area contributed by atoms with Crippen LogP contribution in [0.4, 0.5) is 4.79 Å². The van der Waals surface area contributed by atoms with E-state index in [9.17, 15) is 29.4 Å². The number of methoxy groups -OCH3 is 2. The molecule has 356 valence electrons. The molecule has 4 aliphatic rings. The van der Waals surface area contributed by atoms with E-state index in [-0.39, 0.29) is 44.2 Å². The van der Waals surface area contributed by atoms with Gasteiger partial charge in [-0.2, -0.15) is 0 Å². The van der Waals surface area contributed by atoms with Gasteiger partial charge in [-0.05, 0) is 63.5 Å². The summed E-state index contributed by atoms with van der Waals surface area (Å²) in [5.41, 5.74) is -7.19. The van der Waals surface area contributed by atoms with Crippen molar-refractivity contribution >= 4 is 29.8 Å². The maximum absolute atomic E-state index is 16.0. The Balaban J connectivity index is 1.56. The third-order valence-electron chi connectivity index (χ3n) is 13.5. The fourth-order valence-electron chi connectivity index (χ4n) is 10.3.